The van der Waals surface area contributed by atoms with Crippen molar-refractivity contribution in [2.75, 3.05) is 40.8 Å². The van der Waals surface area contributed by atoms with Crippen LogP contribution in [0.25, 0.3) is 0 Å². The van der Waals surface area contributed by atoms with Crippen LogP contribution in [0.1, 0.15) is 13.3 Å². The van der Waals surface area contributed by atoms with E-state index in [1.807, 2.05) is 0 Å². The van der Waals surface area contributed by atoms with Crippen LogP contribution in [0.3, 0.4) is 0 Å². The molecule has 0 aromatic carbocycles. The maximum atomic E-state index is 2.50. The molecule has 0 saturated carbocycles. The summed E-state index contributed by atoms with van der Waals surface area (Å²) in [6.45, 7) is 5.84. The minimum Gasteiger partial charge on any atom is -0.282 e. The summed E-state index contributed by atoms with van der Waals surface area (Å²) in [5.74, 6) is 0. The van der Waals surface area contributed by atoms with Crippen molar-refractivity contribution in [3.8, 4) is 0 Å². The molecule has 1 saturated heterocycles. The Morgan fingerprint density at radius 2 is 2.00 bits per heavy atom. The van der Waals surface area contributed by atoms with Crippen molar-refractivity contribution in [1.82, 2.24) is 14.7 Å². The van der Waals surface area contributed by atoms with Gasteiger partial charge in [-0.25, -0.2) is 0 Å². The highest BCUT2D eigenvalue weighted by Gasteiger charge is 2.26. The topological polar surface area (TPSA) is 9.72 Å². The first-order chi connectivity index (χ1) is 5.66. The fourth-order valence-electron chi connectivity index (χ4n) is 2.08. The average Bonchev–Trinajstić information content (AvgIpc) is 2.03. The third-order valence-corrected chi connectivity index (χ3v) is 2.55. The maximum absolute atomic E-state index is 2.50. The quantitative estimate of drug-likeness (QED) is 0.598. The van der Waals surface area contributed by atoms with E-state index in [-0.39, 0.29) is 0 Å². The third kappa shape index (κ3) is 1.97. The molecule has 0 aromatic rings. The van der Waals surface area contributed by atoms with Gasteiger partial charge in [-0.3, -0.25) is 14.7 Å². The van der Waals surface area contributed by atoms with Crippen LogP contribution in [0.4, 0.5) is 0 Å². The second-order valence-corrected chi connectivity index (χ2v) is 3.77. The molecule has 3 heteroatoms. The zero-order valence-corrected chi connectivity index (χ0v) is 8.75. The molecule has 1 rings (SSSR count). The van der Waals surface area contributed by atoms with Crippen LogP contribution in [0, 0.1) is 0 Å². The van der Waals surface area contributed by atoms with Crippen molar-refractivity contribution < 1.29 is 0 Å². The van der Waals surface area contributed by atoms with Gasteiger partial charge in [-0.15, -0.1) is 0 Å². The zero-order chi connectivity index (χ0) is 9.14. The zero-order valence-electron chi connectivity index (χ0n) is 8.75. The molecule has 0 amide bonds. The highest BCUT2D eigenvalue weighted by molar-refractivity contribution is 4.73. The molecule has 3 nitrogen and oxygen atoms in total. The lowest BCUT2D eigenvalue weighted by Crippen LogP contribution is -2.58. The van der Waals surface area contributed by atoms with E-state index in [1.54, 1.807) is 0 Å². The van der Waals surface area contributed by atoms with Crippen molar-refractivity contribution in [3.63, 3.8) is 0 Å². The van der Waals surface area contributed by atoms with Gasteiger partial charge in [0.2, 0.25) is 0 Å². The molecule has 12 heavy (non-hydrogen) atoms. The lowest BCUT2D eigenvalue weighted by atomic mass is 10.3. The highest BCUT2D eigenvalue weighted by atomic mass is 15.5. The smallest absolute Gasteiger partial charge is 0.118 e. The van der Waals surface area contributed by atoms with Crippen LogP contribution in [0.5, 0.6) is 0 Å². The molecule has 0 aliphatic carbocycles. The summed E-state index contributed by atoms with van der Waals surface area (Å²) < 4.78 is 0. The van der Waals surface area contributed by atoms with Crippen molar-refractivity contribution in [2.45, 2.75) is 19.6 Å². The predicted molar refractivity (Wildman–Crippen MR) is 52.0 cm³/mol. The number of hydrogen-bond donors (Lipinski definition) is 0. The van der Waals surface area contributed by atoms with Gasteiger partial charge >= 0.3 is 0 Å². The van der Waals surface area contributed by atoms with Crippen LogP contribution in [0.2, 0.25) is 0 Å². The van der Waals surface area contributed by atoms with E-state index in [1.165, 1.54) is 19.5 Å². The molecule has 1 atom stereocenters. The Morgan fingerprint density at radius 1 is 1.33 bits per heavy atom. The summed E-state index contributed by atoms with van der Waals surface area (Å²) in [7, 11) is 6.50. The number of hydrogen-bond acceptors (Lipinski definition) is 3. The molecule has 1 aliphatic rings. The largest absolute Gasteiger partial charge is 0.282 e. The second kappa shape index (κ2) is 4.21. The van der Waals surface area contributed by atoms with Gasteiger partial charge in [0.25, 0.3) is 0 Å². The summed E-state index contributed by atoms with van der Waals surface area (Å²) in [6, 6.07) is 0. The molecule has 0 radical (unpaired) electrons. The van der Waals surface area contributed by atoms with Crippen molar-refractivity contribution in [1.29, 1.82) is 0 Å². The van der Waals surface area contributed by atoms with Crippen LogP contribution in [-0.2, 0) is 0 Å². The van der Waals surface area contributed by atoms with Crippen LogP contribution >= 0.6 is 0 Å². The summed E-state index contributed by atoms with van der Waals surface area (Å²) in [5.41, 5.74) is 0. The Hall–Kier alpha value is -0.120. The Morgan fingerprint density at radius 3 is 2.42 bits per heavy atom. The van der Waals surface area contributed by atoms with Crippen LogP contribution in [0.15, 0.2) is 0 Å². The van der Waals surface area contributed by atoms with Crippen LogP contribution in [-0.4, -0.2) is 61.8 Å². The van der Waals surface area contributed by atoms with Gasteiger partial charge < -0.3 is 0 Å². The van der Waals surface area contributed by atoms with Gasteiger partial charge in [-0.2, -0.15) is 0 Å². The average molecular weight is 171 g/mol. The molecule has 0 aromatic heterocycles. The summed E-state index contributed by atoms with van der Waals surface area (Å²) in [5, 5.41) is 0. The van der Waals surface area contributed by atoms with E-state index >= 15 is 0 Å². The van der Waals surface area contributed by atoms with E-state index < -0.39 is 0 Å². The normalized spacial score (nSPS) is 28.2. The molecule has 1 unspecified atom stereocenters. The predicted octanol–water partition coefficient (Wildman–Crippen LogP) is 0.489. The SMILES string of the molecule is CCN1CCCN(C)C1N(C)C. The Labute approximate surface area is 75.9 Å². The molecule has 0 spiro atoms. The molecule has 0 N–H and O–H groups in total. The maximum Gasteiger partial charge on any atom is 0.118 e. The van der Waals surface area contributed by atoms with Gasteiger partial charge in [0, 0.05) is 13.1 Å². The molecule has 0 bridgehead atoms. The van der Waals surface area contributed by atoms with E-state index in [0.29, 0.717) is 6.29 Å². The van der Waals surface area contributed by atoms with Crippen molar-refractivity contribution >= 4 is 0 Å². The minimum absolute atomic E-state index is 0.503. The summed E-state index contributed by atoms with van der Waals surface area (Å²) in [4.78, 5) is 7.19. The molecule has 1 aliphatic heterocycles. The van der Waals surface area contributed by atoms with E-state index in [2.05, 4.69) is 42.8 Å². The first-order valence-corrected chi connectivity index (χ1v) is 4.77. The fourth-order valence-corrected chi connectivity index (χ4v) is 2.08. The third-order valence-electron chi connectivity index (χ3n) is 2.55. The van der Waals surface area contributed by atoms with E-state index in [9.17, 15) is 0 Å². The van der Waals surface area contributed by atoms with Gasteiger partial charge in [0.15, 0.2) is 0 Å². The summed E-state index contributed by atoms with van der Waals surface area (Å²) in [6.07, 6.45) is 1.80. The van der Waals surface area contributed by atoms with Gasteiger partial charge in [-0.1, -0.05) is 6.92 Å². The van der Waals surface area contributed by atoms with Gasteiger partial charge in [-0.05, 0) is 34.1 Å². The molecular weight excluding hydrogens is 150 g/mol. The first kappa shape index (κ1) is 9.96. The number of nitrogens with zero attached hydrogens (tertiary/aromatic N) is 3. The molecule has 72 valence electrons. The van der Waals surface area contributed by atoms with Crippen LogP contribution < -0.4 is 0 Å². The van der Waals surface area contributed by atoms with E-state index in [0.717, 1.165) is 6.54 Å². The lowest BCUT2D eigenvalue weighted by Gasteiger charge is -2.44. The number of rotatable bonds is 2. The standard InChI is InChI=1S/C9H21N3/c1-5-12-8-6-7-11(4)9(12)10(2)3/h9H,5-8H2,1-4H3. The highest BCUT2D eigenvalue weighted by Crippen LogP contribution is 2.13. The molecule has 1 heterocycles. The Bertz CT molecular complexity index is 136. The minimum atomic E-state index is 0.503. The first-order valence-electron chi connectivity index (χ1n) is 4.77. The fraction of sp³-hybridized carbons (Fsp3) is 1.00. The van der Waals surface area contributed by atoms with Crippen molar-refractivity contribution in [3.05, 3.63) is 0 Å². The van der Waals surface area contributed by atoms with Gasteiger partial charge in [0.1, 0.15) is 6.29 Å². The monoisotopic (exact) mass is 171 g/mol. The lowest BCUT2D eigenvalue weighted by molar-refractivity contribution is -0.0603. The summed E-state index contributed by atoms with van der Waals surface area (Å²) >= 11 is 0. The van der Waals surface area contributed by atoms with Crippen molar-refractivity contribution in [2.24, 2.45) is 0 Å². The Kier molecular flexibility index (Phi) is 3.50. The molecular formula is C9H21N3. The second-order valence-electron chi connectivity index (χ2n) is 3.77. The van der Waals surface area contributed by atoms with Gasteiger partial charge in [0.05, 0.1) is 0 Å². The van der Waals surface area contributed by atoms with E-state index in [4.69, 9.17) is 0 Å². The molecule has 1 fully saturated rings. The Balaban J connectivity index is 2.59.